The first-order valence-corrected chi connectivity index (χ1v) is 4.88. The minimum atomic E-state index is 1.04. The molecule has 0 aliphatic carbocycles. The van der Waals surface area contributed by atoms with Crippen LogP contribution in [0.3, 0.4) is 0 Å². The third-order valence-electron chi connectivity index (χ3n) is 2.23. The van der Waals surface area contributed by atoms with Crippen molar-refractivity contribution in [3.05, 3.63) is 48.2 Å². The number of hydrogen-bond donors (Lipinski definition) is 0. The van der Waals surface area contributed by atoms with Gasteiger partial charge in [0.1, 0.15) is 0 Å². The second-order valence-corrected chi connectivity index (χ2v) is 3.93. The maximum atomic E-state index is 4.03. The molecule has 0 radical (unpaired) electrons. The van der Waals surface area contributed by atoms with E-state index in [-0.39, 0.29) is 0 Å². The zero-order valence-corrected chi connectivity index (χ0v) is 9.01. The molecule has 1 aliphatic heterocycles. The van der Waals surface area contributed by atoms with Crippen molar-refractivity contribution < 1.29 is 0 Å². The summed E-state index contributed by atoms with van der Waals surface area (Å²) >= 11 is 3.53. The third kappa shape index (κ3) is 1.31. The summed E-state index contributed by atoms with van der Waals surface area (Å²) in [6.45, 7) is 4.03. The van der Waals surface area contributed by atoms with Gasteiger partial charge >= 0.3 is 0 Å². The molecule has 1 aromatic rings. The fraction of sp³-hybridized carbons (Fsp3) is 0.0909. The molecule has 1 nitrogen and oxygen atoms in total. The van der Waals surface area contributed by atoms with Gasteiger partial charge in [-0.3, -0.25) is 0 Å². The predicted octanol–water partition coefficient (Wildman–Crippen LogP) is 3.30. The van der Waals surface area contributed by atoms with Gasteiger partial charge in [0.15, 0.2) is 0 Å². The number of hydrogen-bond acceptors (Lipinski definition) is 1. The van der Waals surface area contributed by atoms with Crippen molar-refractivity contribution in [2.45, 2.75) is 0 Å². The molecule has 0 N–H and O–H groups in total. The average Bonchev–Trinajstić information content (AvgIpc) is 2.15. The Bertz CT molecular complexity index is 393. The van der Waals surface area contributed by atoms with Gasteiger partial charge in [0, 0.05) is 29.0 Å². The monoisotopic (exact) mass is 235 g/mol. The van der Waals surface area contributed by atoms with Crippen molar-refractivity contribution in [2.75, 3.05) is 7.05 Å². The second kappa shape index (κ2) is 3.04. The standard InChI is InChI=1S/C11H10BrN/c1-8-9-5-3-4-6-10(9)11(12)7-13(8)2/h3-7H,1H2,2H3. The van der Waals surface area contributed by atoms with E-state index < -0.39 is 0 Å². The van der Waals surface area contributed by atoms with Crippen molar-refractivity contribution in [3.63, 3.8) is 0 Å². The van der Waals surface area contributed by atoms with E-state index in [1.807, 2.05) is 30.3 Å². The second-order valence-electron chi connectivity index (χ2n) is 3.08. The number of fused-ring (bicyclic) bond motifs is 1. The van der Waals surface area contributed by atoms with Crippen LogP contribution in [0.4, 0.5) is 0 Å². The fourth-order valence-corrected chi connectivity index (χ4v) is 2.10. The fourth-order valence-electron chi connectivity index (χ4n) is 1.45. The maximum absolute atomic E-state index is 4.03. The topological polar surface area (TPSA) is 3.24 Å². The first-order valence-electron chi connectivity index (χ1n) is 4.09. The van der Waals surface area contributed by atoms with Crippen molar-refractivity contribution >= 4 is 26.1 Å². The molecule has 0 saturated carbocycles. The third-order valence-corrected chi connectivity index (χ3v) is 2.86. The van der Waals surface area contributed by atoms with E-state index in [0.29, 0.717) is 0 Å². The molecule has 0 fully saturated rings. The smallest absolute Gasteiger partial charge is 0.0416 e. The van der Waals surface area contributed by atoms with Crippen LogP contribution < -0.4 is 0 Å². The zero-order valence-electron chi connectivity index (χ0n) is 7.42. The quantitative estimate of drug-likeness (QED) is 0.668. The van der Waals surface area contributed by atoms with Crippen molar-refractivity contribution in [3.8, 4) is 0 Å². The lowest BCUT2D eigenvalue weighted by atomic mass is 10.0. The lowest BCUT2D eigenvalue weighted by molar-refractivity contribution is 0.655. The van der Waals surface area contributed by atoms with Gasteiger partial charge in [0.05, 0.1) is 0 Å². The number of halogens is 1. The van der Waals surface area contributed by atoms with Crippen LogP contribution in [0.5, 0.6) is 0 Å². The Morgan fingerprint density at radius 3 is 2.54 bits per heavy atom. The van der Waals surface area contributed by atoms with Crippen LogP contribution in [0.15, 0.2) is 37.0 Å². The van der Waals surface area contributed by atoms with Gasteiger partial charge in [-0.05, 0) is 21.5 Å². The van der Waals surface area contributed by atoms with Crippen molar-refractivity contribution in [1.29, 1.82) is 0 Å². The van der Waals surface area contributed by atoms with E-state index in [4.69, 9.17) is 0 Å². The van der Waals surface area contributed by atoms with E-state index in [9.17, 15) is 0 Å². The van der Waals surface area contributed by atoms with Crippen LogP contribution in [0.1, 0.15) is 11.1 Å². The summed E-state index contributed by atoms with van der Waals surface area (Å²) in [4.78, 5) is 2.02. The highest BCUT2D eigenvalue weighted by Gasteiger charge is 2.15. The Morgan fingerprint density at radius 2 is 1.85 bits per heavy atom. The minimum absolute atomic E-state index is 1.04. The molecule has 0 unspecified atom stereocenters. The maximum Gasteiger partial charge on any atom is 0.0416 e. The highest BCUT2D eigenvalue weighted by atomic mass is 79.9. The van der Waals surface area contributed by atoms with Gasteiger partial charge in [-0.25, -0.2) is 0 Å². The number of rotatable bonds is 0. The van der Waals surface area contributed by atoms with Crippen molar-refractivity contribution in [1.82, 2.24) is 4.90 Å². The molecular weight excluding hydrogens is 226 g/mol. The van der Waals surface area contributed by atoms with E-state index in [1.165, 1.54) is 11.1 Å². The first kappa shape index (κ1) is 8.57. The molecule has 1 heterocycles. The number of benzene rings is 1. The van der Waals surface area contributed by atoms with Gasteiger partial charge in [-0.2, -0.15) is 0 Å². The zero-order chi connectivity index (χ0) is 9.42. The van der Waals surface area contributed by atoms with Crippen LogP contribution in [-0.4, -0.2) is 11.9 Å². The molecule has 13 heavy (non-hydrogen) atoms. The van der Waals surface area contributed by atoms with Gasteiger partial charge in [0.2, 0.25) is 0 Å². The minimum Gasteiger partial charge on any atom is -0.350 e. The lowest BCUT2D eigenvalue weighted by Gasteiger charge is -2.25. The average molecular weight is 236 g/mol. The largest absolute Gasteiger partial charge is 0.350 e. The van der Waals surface area contributed by atoms with E-state index in [1.54, 1.807) is 0 Å². The van der Waals surface area contributed by atoms with E-state index in [2.05, 4.69) is 34.6 Å². The van der Waals surface area contributed by atoms with Crippen LogP contribution in [0.25, 0.3) is 10.2 Å². The molecule has 66 valence electrons. The Balaban J connectivity index is 2.65. The molecule has 1 aliphatic rings. The summed E-state index contributed by atoms with van der Waals surface area (Å²) in [7, 11) is 2.00. The van der Waals surface area contributed by atoms with Gasteiger partial charge in [0.25, 0.3) is 0 Å². The Morgan fingerprint density at radius 1 is 1.23 bits per heavy atom. The Hall–Kier alpha value is -1.02. The SMILES string of the molecule is C=C1c2ccccc2C(Br)=CN1C. The van der Waals surface area contributed by atoms with Crippen LogP contribution in [0, 0.1) is 0 Å². The van der Waals surface area contributed by atoms with Gasteiger partial charge in [-0.15, -0.1) is 0 Å². The van der Waals surface area contributed by atoms with Crippen molar-refractivity contribution in [2.24, 2.45) is 0 Å². The van der Waals surface area contributed by atoms with E-state index >= 15 is 0 Å². The lowest BCUT2D eigenvalue weighted by Crippen LogP contribution is -2.13. The van der Waals surface area contributed by atoms with Crippen LogP contribution in [0.2, 0.25) is 0 Å². The van der Waals surface area contributed by atoms with E-state index in [0.717, 1.165) is 10.2 Å². The molecule has 2 rings (SSSR count). The Labute approximate surface area is 86.5 Å². The van der Waals surface area contributed by atoms with Gasteiger partial charge in [-0.1, -0.05) is 30.8 Å². The van der Waals surface area contributed by atoms with Crippen LogP contribution in [-0.2, 0) is 0 Å². The molecule has 0 bridgehead atoms. The Kier molecular flexibility index (Phi) is 2.00. The summed E-state index contributed by atoms with van der Waals surface area (Å²) in [6, 6.07) is 8.24. The normalized spacial score (nSPS) is 15.4. The molecular formula is C11H10BrN. The first-order chi connectivity index (χ1) is 6.20. The summed E-state index contributed by atoms with van der Waals surface area (Å²) in [5.74, 6) is 0. The highest BCUT2D eigenvalue weighted by Crippen LogP contribution is 2.34. The molecule has 0 saturated heterocycles. The molecule has 2 heteroatoms. The van der Waals surface area contributed by atoms with Gasteiger partial charge < -0.3 is 4.90 Å². The molecule has 1 aromatic carbocycles. The predicted molar refractivity (Wildman–Crippen MR) is 60.1 cm³/mol. The summed E-state index contributed by atoms with van der Waals surface area (Å²) < 4.78 is 1.11. The molecule has 0 spiro atoms. The molecule has 0 atom stereocenters. The van der Waals surface area contributed by atoms with Crippen LogP contribution >= 0.6 is 15.9 Å². The highest BCUT2D eigenvalue weighted by molar-refractivity contribution is 9.15. The summed E-state index contributed by atoms with van der Waals surface area (Å²) in [5, 5.41) is 0. The number of nitrogens with zero attached hydrogens (tertiary/aromatic N) is 1. The summed E-state index contributed by atoms with van der Waals surface area (Å²) in [6.07, 6.45) is 2.03. The summed E-state index contributed by atoms with van der Waals surface area (Å²) in [5.41, 5.74) is 3.45. The molecule has 0 amide bonds. The molecule has 0 aromatic heterocycles.